The van der Waals surface area contributed by atoms with Crippen molar-refractivity contribution < 1.29 is 14.4 Å². The second-order valence-corrected chi connectivity index (χ2v) is 10.5. The van der Waals surface area contributed by atoms with E-state index in [2.05, 4.69) is 58.7 Å². The maximum absolute atomic E-state index is 14.1. The van der Waals surface area contributed by atoms with E-state index in [0.717, 1.165) is 38.9 Å². The number of nitrogens with one attached hydrogen (secondary N) is 2. The van der Waals surface area contributed by atoms with Gasteiger partial charge in [0.15, 0.2) is 0 Å². The van der Waals surface area contributed by atoms with Crippen molar-refractivity contribution in [2.45, 2.75) is 39.3 Å². The number of nitrogens with zero attached hydrogens (tertiary/aromatic N) is 2. The van der Waals surface area contributed by atoms with Crippen molar-refractivity contribution in [1.29, 1.82) is 0 Å². The van der Waals surface area contributed by atoms with Crippen molar-refractivity contribution in [2.24, 2.45) is 18.7 Å². The number of carbonyl (C=O) groups is 3. The predicted octanol–water partition coefficient (Wildman–Crippen LogP) is 4.81. The van der Waals surface area contributed by atoms with E-state index in [-0.39, 0.29) is 11.8 Å². The van der Waals surface area contributed by atoms with Crippen LogP contribution in [0.1, 0.15) is 53.4 Å². The second-order valence-electron chi connectivity index (χ2n) is 10.5. The third kappa shape index (κ3) is 4.63. The molecule has 8 heteroatoms. The lowest BCUT2D eigenvalue weighted by atomic mass is 9.91. The highest BCUT2D eigenvalue weighted by Gasteiger charge is 2.46. The number of hydrogen-bond acceptors (Lipinski definition) is 3. The molecule has 1 aliphatic heterocycles. The van der Waals surface area contributed by atoms with Crippen LogP contribution in [-0.4, -0.2) is 33.4 Å². The first kappa shape index (κ1) is 26.0. The first-order valence-electron chi connectivity index (χ1n) is 13.1. The average Bonchev–Trinajstić information content (AvgIpc) is 3.37. The molecular formula is C31H33N5O3. The molecule has 0 saturated carbocycles. The summed E-state index contributed by atoms with van der Waals surface area (Å²) >= 11 is 0. The Morgan fingerprint density at radius 1 is 0.949 bits per heavy atom. The summed E-state index contributed by atoms with van der Waals surface area (Å²) in [6, 6.07) is 21.7. The van der Waals surface area contributed by atoms with Crippen LogP contribution in [-0.2, 0) is 11.8 Å². The molecule has 1 aliphatic rings. The van der Waals surface area contributed by atoms with Gasteiger partial charge in [-0.2, -0.15) is 0 Å². The normalized spacial score (nSPS) is 15.5. The van der Waals surface area contributed by atoms with E-state index in [0.29, 0.717) is 12.0 Å². The molecule has 0 saturated heterocycles. The SMILES string of the molecule is Cc1ccc(-c2c(C3c4ccccc4C(=O)N3C(CC(C)C)C(=O)NNC(N)=O)c3ccccc3n2C)cc1. The monoisotopic (exact) mass is 523 g/mol. The quantitative estimate of drug-likeness (QED) is 0.316. The molecule has 8 nitrogen and oxygen atoms in total. The largest absolute Gasteiger partial charge is 0.350 e. The number of benzene rings is 3. The number of primary amides is 1. The summed E-state index contributed by atoms with van der Waals surface area (Å²) in [4.78, 5) is 40.7. The standard InChI is InChI=1S/C31H33N5O3/c1-18(2)17-25(29(37)33-34-31(32)39)36-28(21-9-5-6-10-22(21)30(36)38)26-23-11-7-8-12-24(23)35(4)27(26)20-15-13-19(3)14-16-20/h5-16,18,25,28H,17H2,1-4H3,(H,33,37)(H3,32,34,39). The van der Waals surface area contributed by atoms with Crippen LogP contribution in [0.3, 0.4) is 0 Å². The van der Waals surface area contributed by atoms with Gasteiger partial charge in [0.05, 0.1) is 11.7 Å². The van der Waals surface area contributed by atoms with Crippen molar-refractivity contribution in [3.05, 3.63) is 95.1 Å². The van der Waals surface area contributed by atoms with E-state index in [1.54, 1.807) is 4.90 Å². The predicted molar refractivity (Wildman–Crippen MR) is 152 cm³/mol. The molecular weight excluding hydrogens is 490 g/mol. The zero-order valence-corrected chi connectivity index (χ0v) is 22.6. The fourth-order valence-electron chi connectivity index (χ4n) is 5.71. The highest BCUT2D eigenvalue weighted by Crippen LogP contribution is 2.47. The number of aromatic nitrogens is 1. The van der Waals surface area contributed by atoms with Gasteiger partial charge in [0.25, 0.3) is 11.8 Å². The van der Waals surface area contributed by atoms with Crippen LogP contribution in [0.25, 0.3) is 22.2 Å². The minimum absolute atomic E-state index is 0.0931. The third-order valence-corrected chi connectivity index (χ3v) is 7.39. The topological polar surface area (TPSA) is 109 Å². The smallest absolute Gasteiger partial charge is 0.330 e. The Hall–Kier alpha value is -4.59. The number of aryl methyl sites for hydroxylation is 2. The van der Waals surface area contributed by atoms with Crippen LogP contribution in [0, 0.1) is 12.8 Å². The molecule has 2 unspecified atom stereocenters. The van der Waals surface area contributed by atoms with Crippen molar-refractivity contribution in [3.8, 4) is 11.3 Å². The highest BCUT2D eigenvalue weighted by molar-refractivity contribution is 6.04. The molecule has 0 spiro atoms. The Morgan fingerprint density at radius 3 is 2.31 bits per heavy atom. The molecule has 200 valence electrons. The van der Waals surface area contributed by atoms with E-state index < -0.39 is 24.0 Å². The van der Waals surface area contributed by atoms with Gasteiger partial charge in [0, 0.05) is 29.1 Å². The molecule has 3 aromatic carbocycles. The molecule has 0 radical (unpaired) electrons. The van der Waals surface area contributed by atoms with Crippen molar-refractivity contribution in [2.75, 3.05) is 0 Å². The second kappa shape index (κ2) is 10.3. The summed E-state index contributed by atoms with van der Waals surface area (Å²) in [6.45, 7) is 6.05. The maximum atomic E-state index is 14.1. The maximum Gasteiger partial charge on any atom is 0.330 e. The minimum Gasteiger partial charge on any atom is -0.350 e. The number of nitrogens with two attached hydrogens (primary N) is 1. The Morgan fingerprint density at radius 2 is 1.62 bits per heavy atom. The molecule has 2 heterocycles. The van der Waals surface area contributed by atoms with Crippen molar-refractivity contribution in [3.63, 3.8) is 0 Å². The molecule has 4 aromatic rings. The Balaban J connectivity index is 1.78. The van der Waals surface area contributed by atoms with E-state index in [4.69, 9.17) is 5.73 Å². The van der Waals surface area contributed by atoms with Gasteiger partial charge in [-0.3, -0.25) is 15.0 Å². The van der Waals surface area contributed by atoms with Crippen LogP contribution in [0.15, 0.2) is 72.8 Å². The van der Waals surface area contributed by atoms with Gasteiger partial charge in [0.1, 0.15) is 6.04 Å². The lowest BCUT2D eigenvalue weighted by Gasteiger charge is -2.34. The molecule has 4 amide bonds. The Labute approximate surface area is 227 Å². The van der Waals surface area contributed by atoms with Crippen LogP contribution in [0.5, 0.6) is 0 Å². The fraction of sp³-hybridized carbons (Fsp3) is 0.258. The van der Waals surface area contributed by atoms with Gasteiger partial charge in [-0.1, -0.05) is 80.1 Å². The van der Waals surface area contributed by atoms with Gasteiger partial charge in [-0.15, -0.1) is 0 Å². The summed E-state index contributed by atoms with van der Waals surface area (Å²) in [5.41, 5.74) is 16.4. The van der Waals surface area contributed by atoms with E-state index in [1.165, 1.54) is 0 Å². The molecule has 4 N–H and O–H groups in total. The zero-order chi connectivity index (χ0) is 27.8. The molecule has 0 aliphatic carbocycles. The first-order valence-corrected chi connectivity index (χ1v) is 13.1. The summed E-state index contributed by atoms with van der Waals surface area (Å²) < 4.78 is 2.16. The summed E-state index contributed by atoms with van der Waals surface area (Å²) in [7, 11) is 2.03. The van der Waals surface area contributed by atoms with Crippen molar-refractivity contribution >= 4 is 28.7 Å². The zero-order valence-electron chi connectivity index (χ0n) is 22.6. The van der Waals surface area contributed by atoms with Crippen LogP contribution < -0.4 is 16.6 Å². The summed E-state index contributed by atoms with van der Waals surface area (Å²) in [6.07, 6.45) is 0.396. The van der Waals surface area contributed by atoms with Gasteiger partial charge < -0.3 is 15.2 Å². The fourth-order valence-corrected chi connectivity index (χ4v) is 5.71. The van der Waals surface area contributed by atoms with E-state index >= 15 is 0 Å². The number of hydrazine groups is 1. The van der Waals surface area contributed by atoms with E-state index in [9.17, 15) is 14.4 Å². The first-order chi connectivity index (χ1) is 18.7. The molecule has 5 rings (SSSR count). The number of rotatable bonds is 6. The van der Waals surface area contributed by atoms with Gasteiger partial charge >= 0.3 is 6.03 Å². The Bertz CT molecular complexity index is 1570. The average molecular weight is 524 g/mol. The molecule has 0 bridgehead atoms. The van der Waals surface area contributed by atoms with Crippen LogP contribution in [0.2, 0.25) is 0 Å². The van der Waals surface area contributed by atoms with Crippen LogP contribution in [0.4, 0.5) is 4.79 Å². The summed E-state index contributed by atoms with van der Waals surface area (Å²) in [5.74, 6) is -0.625. The van der Waals surface area contributed by atoms with Crippen molar-refractivity contribution in [1.82, 2.24) is 20.3 Å². The molecule has 2 atom stereocenters. The number of hydrogen-bond donors (Lipinski definition) is 3. The molecule has 0 fully saturated rings. The van der Waals surface area contributed by atoms with Gasteiger partial charge in [0.2, 0.25) is 0 Å². The number of para-hydroxylation sites is 1. The number of fused-ring (bicyclic) bond motifs is 2. The lowest BCUT2D eigenvalue weighted by Crippen LogP contribution is -2.54. The highest BCUT2D eigenvalue weighted by atomic mass is 16.2. The molecule has 1 aromatic heterocycles. The third-order valence-electron chi connectivity index (χ3n) is 7.39. The number of urea groups is 1. The van der Waals surface area contributed by atoms with Crippen LogP contribution >= 0.6 is 0 Å². The lowest BCUT2D eigenvalue weighted by molar-refractivity contribution is -0.127. The molecule has 39 heavy (non-hydrogen) atoms. The number of amides is 4. The summed E-state index contributed by atoms with van der Waals surface area (Å²) in [5, 5.41) is 1.01. The minimum atomic E-state index is -0.880. The van der Waals surface area contributed by atoms with Gasteiger partial charge in [-0.25, -0.2) is 10.2 Å². The Kier molecular flexibility index (Phi) is 6.87. The number of carbonyl (C=O) groups excluding carboxylic acids is 3. The van der Waals surface area contributed by atoms with Gasteiger partial charge in [-0.05, 0) is 42.5 Å². The van der Waals surface area contributed by atoms with E-state index in [1.807, 2.05) is 57.3 Å².